The summed E-state index contributed by atoms with van der Waals surface area (Å²) in [5, 5.41) is 3.21. The summed E-state index contributed by atoms with van der Waals surface area (Å²) in [5.41, 5.74) is 0.998. The minimum atomic E-state index is 0.115. The van der Waals surface area contributed by atoms with E-state index in [1.807, 2.05) is 24.3 Å². The minimum absolute atomic E-state index is 0.115. The fraction of sp³-hybridized carbons (Fsp3) is 0.588. The zero-order valence-electron chi connectivity index (χ0n) is 12.7. The van der Waals surface area contributed by atoms with E-state index < -0.39 is 0 Å². The number of nitrogens with one attached hydrogen (secondary N) is 1. The van der Waals surface area contributed by atoms with Crippen LogP contribution in [-0.2, 0) is 11.2 Å². The van der Waals surface area contributed by atoms with Gasteiger partial charge in [-0.3, -0.25) is 4.79 Å². The molecule has 110 valence electrons. The molecule has 0 spiro atoms. The number of amides is 1. The van der Waals surface area contributed by atoms with Gasteiger partial charge in [0.05, 0.1) is 13.5 Å². The molecule has 1 N–H and O–H groups in total. The van der Waals surface area contributed by atoms with Crippen molar-refractivity contribution < 1.29 is 9.53 Å². The van der Waals surface area contributed by atoms with E-state index in [0.29, 0.717) is 24.3 Å². The number of hydrogen-bond donors (Lipinski definition) is 1. The standard InChI is InChI=1S/C17H25NO2/c1-12-6-4-9-16(13(12)2)18-17(19)11-14-7-5-8-15(10-14)20-3/h5,7-8,10,12-13,16H,4,6,9,11H2,1-3H3,(H,18,19). The predicted octanol–water partition coefficient (Wildman–Crippen LogP) is 3.18. The van der Waals surface area contributed by atoms with Gasteiger partial charge in [0, 0.05) is 6.04 Å². The van der Waals surface area contributed by atoms with Crippen LogP contribution in [0.4, 0.5) is 0 Å². The van der Waals surface area contributed by atoms with Crippen molar-refractivity contribution in [3.8, 4) is 5.75 Å². The summed E-state index contributed by atoms with van der Waals surface area (Å²) in [4.78, 5) is 12.2. The number of ether oxygens (including phenoxy) is 1. The molecule has 1 amide bonds. The van der Waals surface area contributed by atoms with Gasteiger partial charge in [-0.05, 0) is 36.0 Å². The van der Waals surface area contributed by atoms with Gasteiger partial charge in [0.15, 0.2) is 0 Å². The number of rotatable bonds is 4. The molecule has 1 fully saturated rings. The summed E-state index contributed by atoms with van der Waals surface area (Å²) < 4.78 is 5.19. The monoisotopic (exact) mass is 275 g/mol. The highest BCUT2D eigenvalue weighted by molar-refractivity contribution is 5.79. The Morgan fingerprint density at radius 2 is 2.15 bits per heavy atom. The van der Waals surface area contributed by atoms with Crippen LogP contribution in [0.25, 0.3) is 0 Å². The molecule has 0 heterocycles. The van der Waals surface area contributed by atoms with Gasteiger partial charge in [-0.25, -0.2) is 0 Å². The van der Waals surface area contributed by atoms with Gasteiger partial charge in [0.1, 0.15) is 5.75 Å². The summed E-state index contributed by atoms with van der Waals surface area (Å²) in [5.74, 6) is 2.18. The Kier molecular flexibility index (Phi) is 5.05. The molecule has 3 unspecified atom stereocenters. The molecule has 3 atom stereocenters. The Bertz CT molecular complexity index is 458. The minimum Gasteiger partial charge on any atom is -0.497 e. The largest absolute Gasteiger partial charge is 0.497 e. The molecule has 0 bridgehead atoms. The molecule has 0 saturated heterocycles. The summed E-state index contributed by atoms with van der Waals surface area (Å²) >= 11 is 0. The number of carbonyl (C=O) groups is 1. The first-order chi connectivity index (χ1) is 9.60. The van der Waals surface area contributed by atoms with Gasteiger partial charge in [0.2, 0.25) is 5.91 Å². The lowest BCUT2D eigenvalue weighted by Crippen LogP contribution is -2.44. The van der Waals surface area contributed by atoms with E-state index in [2.05, 4.69) is 19.2 Å². The summed E-state index contributed by atoms with van der Waals surface area (Å²) in [7, 11) is 1.64. The molecule has 20 heavy (non-hydrogen) atoms. The van der Waals surface area contributed by atoms with E-state index in [4.69, 9.17) is 4.74 Å². The third-order valence-corrected chi connectivity index (χ3v) is 4.55. The Balaban J connectivity index is 1.91. The average molecular weight is 275 g/mol. The van der Waals surface area contributed by atoms with Crippen LogP contribution in [0.15, 0.2) is 24.3 Å². The Morgan fingerprint density at radius 1 is 1.35 bits per heavy atom. The van der Waals surface area contributed by atoms with Gasteiger partial charge in [-0.15, -0.1) is 0 Å². The lowest BCUT2D eigenvalue weighted by Gasteiger charge is -2.34. The average Bonchev–Trinajstić information content (AvgIpc) is 2.44. The van der Waals surface area contributed by atoms with Crippen molar-refractivity contribution >= 4 is 5.91 Å². The van der Waals surface area contributed by atoms with Gasteiger partial charge >= 0.3 is 0 Å². The molecule has 1 aliphatic rings. The molecule has 2 rings (SSSR count). The van der Waals surface area contributed by atoms with Crippen molar-refractivity contribution in [2.45, 2.75) is 45.6 Å². The van der Waals surface area contributed by atoms with Gasteiger partial charge in [0.25, 0.3) is 0 Å². The van der Waals surface area contributed by atoms with E-state index in [1.54, 1.807) is 7.11 Å². The van der Waals surface area contributed by atoms with Crippen LogP contribution in [-0.4, -0.2) is 19.1 Å². The maximum absolute atomic E-state index is 12.2. The molecular weight excluding hydrogens is 250 g/mol. The lowest BCUT2D eigenvalue weighted by molar-refractivity contribution is -0.121. The third-order valence-electron chi connectivity index (χ3n) is 4.55. The SMILES string of the molecule is COc1cccc(CC(=O)NC2CCCC(C)C2C)c1. The number of benzene rings is 1. The first-order valence-corrected chi connectivity index (χ1v) is 7.52. The summed E-state index contributed by atoms with van der Waals surface area (Å²) in [6.45, 7) is 4.53. The first kappa shape index (κ1) is 14.9. The molecule has 1 aromatic rings. The smallest absolute Gasteiger partial charge is 0.224 e. The predicted molar refractivity (Wildman–Crippen MR) is 80.8 cm³/mol. The highest BCUT2D eigenvalue weighted by atomic mass is 16.5. The summed E-state index contributed by atoms with van der Waals surface area (Å²) in [6, 6.07) is 8.04. The van der Waals surface area contributed by atoms with Gasteiger partial charge < -0.3 is 10.1 Å². The zero-order valence-corrected chi connectivity index (χ0v) is 12.7. The second kappa shape index (κ2) is 6.78. The van der Waals surface area contributed by atoms with E-state index in [0.717, 1.165) is 17.7 Å². The highest BCUT2D eigenvalue weighted by Gasteiger charge is 2.27. The molecule has 3 nitrogen and oxygen atoms in total. The second-order valence-corrected chi connectivity index (χ2v) is 5.97. The van der Waals surface area contributed by atoms with Crippen LogP contribution in [0, 0.1) is 11.8 Å². The molecular formula is C17H25NO2. The van der Waals surface area contributed by atoms with Crippen molar-refractivity contribution in [2.75, 3.05) is 7.11 Å². The van der Waals surface area contributed by atoms with Crippen LogP contribution in [0.1, 0.15) is 38.7 Å². The molecule has 0 aromatic heterocycles. The van der Waals surface area contributed by atoms with Crippen molar-refractivity contribution in [1.82, 2.24) is 5.32 Å². The number of methoxy groups -OCH3 is 1. The van der Waals surface area contributed by atoms with Crippen molar-refractivity contribution in [2.24, 2.45) is 11.8 Å². The number of hydrogen-bond acceptors (Lipinski definition) is 2. The molecule has 1 aliphatic carbocycles. The van der Waals surface area contributed by atoms with Crippen molar-refractivity contribution in [1.29, 1.82) is 0 Å². The highest BCUT2D eigenvalue weighted by Crippen LogP contribution is 2.29. The lowest BCUT2D eigenvalue weighted by atomic mass is 9.78. The molecule has 3 heteroatoms. The van der Waals surface area contributed by atoms with Gasteiger partial charge in [-0.1, -0.05) is 38.8 Å². The fourth-order valence-corrected chi connectivity index (χ4v) is 3.01. The van der Waals surface area contributed by atoms with E-state index in [9.17, 15) is 4.79 Å². The Labute approximate surface area is 121 Å². The van der Waals surface area contributed by atoms with Crippen LogP contribution in [0.2, 0.25) is 0 Å². The zero-order chi connectivity index (χ0) is 14.5. The van der Waals surface area contributed by atoms with Crippen LogP contribution >= 0.6 is 0 Å². The van der Waals surface area contributed by atoms with E-state index >= 15 is 0 Å². The quantitative estimate of drug-likeness (QED) is 0.916. The third kappa shape index (κ3) is 3.75. The van der Waals surface area contributed by atoms with Crippen LogP contribution in [0.3, 0.4) is 0 Å². The topological polar surface area (TPSA) is 38.3 Å². The molecule has 0 radical (unpaired) electrons. The van der Waals surface area contributed by atoms with Crippen molar-refractivity contribution in [3.05, 3.63) is 29.8 Å². The normalized spacial score (nSPS) is 26.1. The Morgan fingerprint density at radius 3 is 2.90 bits per heavy atom. The maximum Gasteiger partial charge on any atom is 0.224 e. The number of carbonyl (C=O) groups excluding carboxylic acids is 1. The summed E-state index contributed by atoms with van der Waals surface area (Å²) in [6.07, 6.45) is 4.03. The Hall–Kier alpha value is -1.51. The van der Waals surface area contributed by atoms with Gasteiger partial charge in [-0.2, -0.15) is 0 Å². The van der Waals surface area contributed by atoms with Crippen LogP contribution in [0.5, 0.6) is 5.75 Å². The second-order valence-electron chi connectivity index (χ2n) is 5.97. The van der Waals surface area contributed by atoms with Crippen molar-refractivity contribution in [3.63, 3.8) is 0 Å². The maximum atomic E-state index is 12.2. The van der Waals surface area contributed by atoms with E-state index in [-0.39, 0.29) is 5.91 Å². The van der Waals surface area contributed by atoms with E-state index in [1.165, 1.54) is 12.8 Å². The first-order valence-electron chi connectivity index (χ1n) is 7.52. The fourth-order valence-electron chi connectivity index (χ4n) is 3.01. The molecule has 0 aliphatic heterocycles. The molecule has 1 aromatic carbocycles. The van der Waals surface area contributed by atoms with Crippen LogP contribution < -0.4 is 10.1 Å². The molecule has 1 saturated carbocycles.